The molecule has 3 nitrogen and oxygen atoms in total. The van der Waals surface area contributed by atoms with Gasteiger partial charge in [0.05, 0.1) is 0 Å². The molecule has 1 aromatic heterocycles. The van der Waals surface area contributed by atoms with Crippen LogP contribution < -0.4 is 0 Å². The monoisotopic (exact) mass is 190 g/mol. The average Bonchev–Trinajstić information content (AvgIpc) is 2.65. The zero-order valence-corrected chi connectivity index (χ0v) is 8.31. The molecule has 0 saturated carbocycles. The van der Waals surface area contributed by atoms with Gasteiger partial charge in [-0.3, -0.25) is 9.78 Å². The predicted molar refractivity (Wildman–Crippen MR) is 54.2 cm³/mol. The lowest BCUT2D eigenvalue weighted by Crippen LogP contribution is -2.19. The molecule has 2 rings (SSSR count). The van der Waals surface area contributed by atoms with Gasteiger partial charge in [0.2, 0.25) is 0 Å². The van der Waals surface area contributed by atoms with Gasteiger partial charge in [0.25, 0.3) is 0 Å². The van der Waals surface area contributed by atoms with E-state index in [0.29, 0.717) is 0 Å². The molecule has 74 valence electrons. The Hall–Kier alpha value is -1.22. The molecule has 0 spiro atoms. The van der Waals surface area contributed by atoms with Crippen molar-refractivity contribution in [2.24, 2.45) is 5.92 Å². The molecule has 1 aliphatic rings. The van der Waals surface area contributed by atoms with Crippen LogP contribution in [0.1, 0.15) is 16.8 Å². The van der Waals surface area contributed by atoms with Crippen molar-refractivity contribution in [1.82, 2.24) is 9.88 Å². The maximum Gasteiger partial charge on any atom is 0.168 e. The number of pyridine rings is 1. The molecule has 0 N–H and O–H groups in total. The standard InChI is InChI=1S/C11H14N2O/c1-13-6-4-10(8-13)11(14)9-3-2-5-12-7-9/h2-3,5,7,10H,4,6,8H2,1H3. The highest BCUT2D eigenvalue weighted by Crippen LogP contribution is 2.18. The van der Waals surface area contributed by atoms with Crippen LogP contribution in [0.15, 0.2) is 24.5 Å². The first-order valence-electron chi connectivity index (χ1n) is 4.90. The Labute approximate surface area is 83.8 Å². The molecule has 1 aromatic rings. The number of hydrogen-bond donors (Lipinski definition) is 0. The fourth-order valence-corrected chi connectivity index (χ4v) is 1.89. The van der Waals surface area contributed by atoms with E-state index < -0.39 is 0 Å². The fraction of sp³-hybridized carbons (Fsp3) is 0.455. The largest absolute Gasteiger partial charge is 0.306 e. The van der Waals surface area contributed by atoms with Gasteiger partial charge < -0.3 is 4.90 Å². The first kappa shape index (κ1) is 9.34. The van der Waals surface area contributed by atoms with Crippen LogP contribution in [0.25, 0.3) is 0 Å². The molecule has 0 aromatic carbocycles. The maximum absolute atomic E-state index is 11.9. The summed E-state index contributed by atoms with van der Waals surface area (Å²) in [4.78, 5) is 18.1. The summed E-state index contributed by atoms with van der Waals surface area (Å²) in [7, 11) is 2.05. The van der Waals surface area contributed by atoms with E-state index in [4.69, 9.17) is 0 Å². The third kappa shape index (κ3) is 1.82. The highest BCUT2D eigenvalue weighted by molar-refractivity contribution is 5.97. The minimum atomic E-state index is 0.171. The first-order chi connectivity index (χ1) is 6.77. The quantitative estimate of drug-likeness (QED) is 0.657. The van der Waals surface area contributed by atoms with Crippen molar-refractivity contribution >= 4 is 5.78 Å². The maximum atomic E-state index is 11.9. The third-order valence-electron chi connectivity index (χ3n) is 2.71. The Bertz CT molecular complexity index is 323. The van der Waals surface area contributed by atoms with E-state index in [-0.39, 0.29) is 11.7 Å². The van der Waals surface area contributed by atoms with E-state index in [1.54, 1.807) is 12.4 Å². The first-order valence-corrected chi connectivity index (χ1v) is 4.90. The Kier molecular flexibility index (Phi) is 2.59. The van der Waals surface area contributed by atoms with Crippen LogP contribution in [-0.4, -0.2) is 35.8 Å². The molecule has 0 amide bonds. The Morgan fingerprint density at radius 3 is 3.07 bits per heavy atom. The van der Waals surface area contributed by atoms with E-state index in [9.17, 15) is 4.79 Å². The molecule has 0 radical (unpaired) electrons. The van der Waals surface area contributed by atoms with Crippen molar-refractivity contribution in [2.75, 3.05) is 20.1 Å². The van der Waals surface area contributed by atoms with Crippen LogP contribution in [0.4, 0.5) is 0 Å². The van der Waals surface area contributed by atoms with Crippen molar-refractivity contribution in [3.63, 3.8) is 0 Å². The molecular weight excluding hydrogens is 176 g/mol. The third-order valence-corrected chi connectivity index (χ3v) is 2.71. The fourth-order valence-electron chi connectivity index (χ4n) is 1.89. The van der Waals surface area contributed by atoms with Crippen LogP contribution in [0.5, 0.6) is 0 Å². The SMILES string of the molecule is CN1CCC(C(=O)c2cccnc2)C1. The molecule has 0 bridgehead atoms. The van der Waals surface area contributed by atoms with Crippen molar-refractivity contribution in [2.45, 2.75) is 6.42 Å². The summed E-state index contributed by atoms with van der Waals surface area (Å²) in [5, 5.41) is 0. The van der Waals surface area contributed by atoms with Gasteiger partial charge in [-0.15, -0.1) is 0 Å². The van der Waals surface area contributed by atoms with Gasteiger partial charge >= 0.3 is 0 Å². The number of hydrogen-bond acceptors (Lipinski definition) is 3. The van der Waals surface area contributed by atoms with Gasteiger partial charge in [0.1, 0.15) is 0 Å². The second-order valence-corrected chi connectivity index (χ2v) is 3.85. The molecule has 1 fully saturated rings. The van der Waals surface area contributed by atoms with Gasteiger partial charge in [-0.1, -0.05) is 0 Å². The van der Waals surface area contributed by atoms with Crippen LogP contribution in [0.3, 0.4) is 0 Å². The number of likely N-dealkylation sites (tertiary alicyclic amines) is 1. The van der Waals surface area contributed by atoms with Gasteiger partial charge in [-0.2, -0.15) is 0 Å². The Balaban J connectivity index is 2.10. The summed E-state index contributed by atoms with van der Waals surface area (Å²) in [6.07, 6.45) is 4.32. The highest BCUT2D eigenvalue weighted by Gasteiger charge is 2.26. The second-order valence-electron chi connectivity index (χ2n) is 3.85. The smallest absolute Gasteiger partial charge is 0.168 e. The van der Waals surface area contributed by atoms with Crippen LogP contribution in [-0.2, 0) is 0 Å². The summed E-state index contributed by atoms with van der Waals surface area (Å²) in [5.41, 5.74) is 0.743. The van der Waals surface area contributed by atoms with Gasteiger partial charge in [-0.25, -0.2) is 0 Å². The molecule has 1 saturated heterocycles. The Morgan fingerprint density at radius 2 is 2.50 bits per heavy atom. The van der Waals surface area contributed by atoms with E-state index >= 15 is 0 Å². The van der Waals surface area contributed by atoms with Crippen molar-refractivity contribution in [3.8, 4) is 0 Å². The molecule has 2 heterocycles. The number of aromatic nitrogens is 1. The van der Waals surface area contributed by atoms with Gasteiger partial charge in [0.15, 0.2) is 5.78 Å². The van der Waals surface area contributed by atoms with Gasteiger partial charge in [0, 0.05) is 30.4 Å². The molecule has 1 unspecified atom stereocenters. The topological polar surface area (TPSA) is 33.2 Å². The highest BCUT2D eigenvalue weighted by atomic mass is 16.1. The second kappa shape index (κ2) is 3.88. The zero-order valence-electron chi connectivity index (χ0n) is 8.31. The van der Waals surface area contributed by atoms with E-state index in [1.165, 1.54) is 0 Å². The normalized spacial score (nSPS) is 22.5. The lowest BCUT2D eigenvalue weighted by molar-refractivity contribution is 0.0924. The molecule has 14 heavy (non-hydrogen) atoms. The van der Waals surface area contributed by atoms with E-state index in [0.717, 1.165) is 25.1 Å². The van der Waals surface area contributed by atoms with Gasteiger partial charge in [-0.05, 0) is 32.1 Å². The van der Waals surface area contributed by atoms with Crippen LogP contribution in [0.2, 0.25) is 0 Å². The summed E-state index contributed by atoms with van der Waals surface area (Å²) in [5.74, 6) is 0.409. The van der Waals surface area contributed by atoms with Crippen molar-refractivity contribution in [1.29, 1.82) is 0 Å². The summed E-state index contributed by atoms with van der Waals surface area (Å²) in [6.45, 7) is 1.91. The van der Waals surface area contributed by atoms with Crippen LogP contribution >= 0.6 is 0 Å². The molecule has 3 heteroatoms. The molecular formula is C11H14N2O. The number of carbonyl (C=O) groups is 1. The lowest BCUT2D eigenvalue weighted by atomic mass is 9.98. The predicted octanol–water partition coefficient (Wildman–Crippen LogP) is 1.22. The summed E-state index contributed by atoms with van der Waals surface area (Å²) >= 11 is 0. The lowest BCUT2D eigenvalue weighted by Gasteiger charge is -2.08. The number of nitrogens with zero attached hydrogens (tertiary/aromatic N) is 2. The average molecular weight is 190 g/mol. The van der Waals surface area contributed by atoms with Crippen molar-refractivity contribution < 1.29 is 4.79 Å². The minimum absolute atomic E-state index is 0.171. The number of Topliss-reactive ketones (excluding diaryl/α,β-unsaturated/α-hetero) is 1. The number of rotatable bonds is 2. The van der Waals surface area contributed by atoms with E-state index in [2.05, 4.69) is 16.9 Å². The molecule has 1 aliphatic heterocycles. The minimum Gasteiger partial charge on any atom is -0.306 e. The van der Waals surface area contributed by atoms with E-state index in [1.807, 2.05) is 12.1 Å². The summed E-state index contributed by atoms with van der Waals surface area (Å²) in [6, 6.07) is 3.65. The summed E-state index contributed by atoms with van der Waals surface area (Å²) < 4.78 is 0. The Morgan fingerprint density at radius 1 is 1.64 bits per heavy atom. The zero-order chi connectivity index (χ0) is 9.97. The number of carbonyl (C=O) groups excluding carboxylic acids is 1. The van der Waals surface area contributed by atoms with Crippen molar-refractivity contribution in [3.05, 3.63) is 30.1 Å². The number of ketones is 1. The molecule has 0 aliphatic carbocycles. The van der Waals surface area contributed by atoms with Crippen LogP contribution in [0, 0.1) is 5.92 Å². The molecule has 1 atom stereocenters.